The van der Waals surface area contributed by atoms with Gasteiger partial charge in [0.1, 0.15) is 11.7 Å². The van der Waals surface area contributed by atoms with E-state index in [0.717, 1.165) is 78.1 Å². The Morgan fingerprint density at radius 1 is 0.865 bits per heavy atom. The largest absolute Gasteiger partial charge is 0.459 e. The lowest BCUT2D eigenvalue weighted by Gasteiger charge is -2.61. The molecule has 9 atom stereocenters. The number of esters is 1. The Hall–Kier alpha value is -3.08. The highest BCUT2D eigenvalue weighted by Gasteiger charge is 2.60. The molecule has 282 valence electrons. The lowest BCUT2D eigenvalue weighted by Crippen LogP contribution is -2.54. The maximum Gasteiger partial charge on any atom is 0.344 e. The molecule has 5 heteroatoms. The molecule has 0 N–H and O–H groups in total. The second-order valence-electron chi connectivity index (χ2n) is 18.4. The van der Waals surface area contributed by atoms with E-state index in [1.165, 1.54) is 64.2 Å². The van der Waals surface area contributed by atoms with Gasteiger partial charge in [-0.1, -0.05) is 66.0 Å². The number of hydrogen-bond acceptors (Lipinski definition) is 5. The minimum atomic E-state index is -0.374. The van der Waals surface area contributed by atoms with Gasteiger partial charge in [-0.25, -0.2) is 9.59 Å². The van der Waals surface area contributed by atoms with E-state index in [0.29, 0.717) is 33.5 Å². The van der Waals surface area contributed by atoms with Crippen molar-refractivity contribution in [2.45, 2.75) is 132 Å². The summed E-state index contributed by atoms with van der Waals surface area (Å²) >= 11 is 0. The van der Waals surface area contributed by atoms with Gasteiger partial charge in [0.2, 0.25) is 0 Å². The number of ether oxygens (including phenoxy) is 1. The summed E-state index contributed by atoms with van der Waals surface area (Å²) in [5.41, 5.74) is 3.92. The highest BCUT2D eigenvalue weighted by atomic mass is 16.5. The van der Waals surface area contributed by atoms with E-state index >= 15 is 0 Å². The standard InChI is InChI=1S/C47H65NO4/c1-8-48(9-2)36-19-17-34-27-39(45(50)52-43(34)29-36)32-13-15-33(16-14-32)44(49)51-37-23-25-46(6)35(28-37)18-20-38-41-22-21-40(31(5)12-10-11-30(3)4)47(41,7)26-24-42(38)46/h13-17,19,27,29-31,35,37-38,40-42H,8-12,18,20-26,28H2,1-7H3/t31-,35?,37+,38+,40-,41+,42+,46+,47-/m1/s1. The van der Waals surface area contributed by atoms with Crippen LogP contribution in [0.3, 0.4) is 0 Å². The Bertz CT molecular complexity index is 1770. The van der Waals surface area contributed by atoms with Crippen molar-refractivity contribution in [2.75, 3.05) is 18.0 Å². The van der Waals surface area contributed by atoms with E-state index in [-0.39, 0.29) is 17.7 Å². The molecule has 52 heavy (non-hydrogen) atoms. The molecule has 4 saturated carbocycles. The number of nitrogens with zero attached hydrogens (tertiary/aromatic N) is 1. The third kappa shape index (κ3) is 6.88. The maximum atomic E-state index is 13.4. The van der Waals surface area contributed by atoms with Crippen LogP contribution in [-0.4, -0.2) is 25.2 Å². The molecule has 3 aromatic rings. The fourth-order valence-electron chi connectivity index (χ4n) is 12.4. The molecule has 2 aromatic carbocycles. The van der Waals surface area contributed by atoms with Crippen LogP contribution < -0.4 is 10.5 Å². The van der Waals surface area contributed by atoms with Crippen molar-refractivity contribution in [1.82, 2.24) is 0 Å². The number of carbonyl (C=O) groups is 1. The molecule has 4 aliphatic carbocycles. The van der Waals surface area contributed by atoms with Crippen LogP contribution >= 0.6 is 0 Å². The third-order valence-electron chi connectivity index (χ3n) is 15.4. The van der Waals surface area contributed by atoms with Gasteiger partial charge in [0, 0.05) is 30.2 Å². The Kier molecular flexibility index (Phi) is 10.7. The van der Waals surface area contributed by atoms with Crippen LogP contribution in [0.15, 0.2) is 57.7 Å². The molecule has 0 amide bonds. The smallest absolute Gasteiger partial charge is 0.344 e. The summed E-state index contributed by atoms with van der Waals surface area (Å²) in [6, 6.07) is 15.2. The molecule has 0 bridgehead atoms. The summed E-state index contributed by atoms with van der Waals surface area (Å²) in [6.45, 7) is 18.6. The summed E-state index contributed by atoms with van der Waals surface area (Å²) in [5, 5.41) is 0.879. The molecule has 0 spiro atoms. The number of benzene rings is 2. The van der Waals surface area contributed by atoms with Gasteiger partial charge in [-0.15, -0.1) is 0 Å². The summed E-state index contributed by atoms with van der Waals surface area (Å²) in [4.78, 5) is 28.7. The Balaban J connectivity index is 0.968. The number of anilines is 1. The quantitative estimate of drug-likeness (QED) is 0.147. The molecule has 7 rings (SSSR count). The minimum absolute atomic E-state index is 0.0213. The first kappa shape index (κ1) is 37.2. The van der Waals surface area contributed by atoms with Crippen molar-refractivity contribution in [3.05, 3.63) is 64.5 Å². The summed E-state index contributed by atoms with van der Waals surface area (Å²) in [5.74, 6) is 5.54. The molecule has 5 nitrogen and oxygen atoms in total. The average Bonchev–Trinajstić information content (AvgIpc) is 3.49. The number of carbonyl (C=O) groups excluding carboxylic acids is 1. The van der Waals surface area contributed by atoms with Crippen LogP contribution in [0.2, 0.25) is 0 Å². The topological polar surface area (TPSA) is 59.8 Å². The fourth-order valence-corrected chi connectivity index (χ4v) is 12.4. The molecular formula is C47H65NO4. The normalized spacial score (nSPS) is 31.8. The zero-order valence-corrected chi connectivity index (χ0v) is 33.2. The SMILES string of the molecule is CCN(CC)c1ccc2cc(-c3ccc(C(=O)O[C@H]4CC[C@@]5(C)C(CC[C@H]6[C@@H]7CC[C@H]([C@H](C)CCCC(C)C)[C@@]7(C)CC[C@@H]65)C4)cc3)c(=O)oc2c1. The lowest BCUT2D eigenvalue weighted by atomic mass is 9.44. The van der Waals surface area contributed by atoms with Crippen molar-refractivity contribution in [3.63, 3.8) is 0 Å². The van der Waals surface area contributed by atoms with Gasteiger partial charge in [0.15, 0.2) is 0 Å². The van der Waals surface area contributed by atoms with Gasteiger partial charge in [-0.2, -0.15) is 0 Å². The monoisotopic (exact) mass is 707 g/mol. The number of hydrogen-bond donors (Lipinski definition) is 0. The Labute approximate surface area is 313 Å². The number of fused-ring (bicyclic) bond motifs is 6. The predicted octanol–water partition coefficient (Wildman–Crippen LogP) is 12.0. The molecule has 1 heterocycles. The van der Waals surface area contributed by atoms with Crippen molar-refractivity contribution in [1.29, 1.82) is 0 Å². The Morgan fingerprint density at radius 2 is 1.60 bits per heavy atom. The van der Waals surface area contributed by atoms with E-state index in [2.05, 4.69) is 59.4 Å². The maximum absolute atomic E-state index is 13.4. The van der Waals surface area contributed by atoms with Crippen LogP contribution in [0.25, 0.3) is 22.1 Å². The van der Waals surface area contributed by atoms with E-state index in [1.807, 2.05) is 30.3 Å². The van der Waals surface area contributed by atoms with Crippen LogP contribution in [0.1, 0.15) is 136 Å². The zero-order valence-electron chi connectivity index (χ0n) is 33.2. The van der Waals surface area contributed by atoms with E-state index in [4.69, 9.17) is 9.15 Å². The van der Waals surface area contributed by atoms with E-state index in [9.17, 15) is 9.59 Å². The third-order valence-corrected chi connectivity index (χ3v) is 15.4. The molecule has 0 saturated heterocycles. The van der Waals surface area contributed by atoms with E-state index < -0.39 is 0 Å². The average molecular weight is 708 g/mol. The van der Waals surface area contributed by atoms with Gasteiger partial charge in [0.05, 0.1) is 11.1 Å². The Morgan fingerprint density at radius 3 is 2.33 bits per heavy atom. The molecule has 4 aliphatic rings. The molecule has 1 aromatic heterocycles. The molecular weight excluding hydrogens is 643 g/mol. The minimum Gasteiger partial charge on any atom is -0.459 e. The van der Waals surface area contributed by atoms with E-state index in [1.54, 1.807) is 12.1 Å². The van der Waals surface area contributed by atoms with Crippen molar-refractivity contribution >= 4 is 22.6 Å². The molecule has 4 fully saturated rings. The van der Waals surface area contributed by atoms with Gasteiger partial charge in [-0.05, 0) is 160 Å². The van der Waals surface area contributed by atoms with Crippen molar-refractivity contribution < 1.29 is 13.9 Å². The fraction of sp³-hybridized carbons (Fsp3) is 0.660. The van der Waals surface area contributed by atoms with Crippen LogP contribution in [0.5, 0.6) is 0 Å². The first-order chi connectivity index (χ1) is 24.9. The summed E-state index contributed by atoms with van der Waals surface area (Å²) < 4.78 is 12.0. The van der Waals surface area contributed by atoms with Crippen LogP contribution in [0, 0.1) is 52.3 Å². The first-order valence-corrected chi connectivity index (χ1v) is 21.1. The zero-order chi connectivity index (χ0) is 36.8. The summed E-state index contributed by atoms with van der Waals surface area (Å²) in [6.07, 6.45) is 15.6. The summed E-state index contributed by atoms with van der Waals surface area (Å²) in [7, 11) is 0. The van der Waals surface area contributed by atoms with Crippen LogP contribution in [0.4, 0.5) is 5.69 Å². The van der Waals surface area contributed by atoms with Gasteiger partial charge in [-0.3, -0.25) is 0 Å². The van der Waals surface area contributed by atoms with Crippen molar-refractivity contribution in [3.8, 4) is 11.1 Å². The number of rotatable bonds is 11. The molecule has 0 radical (unpaired) electrons. The van der Waals surface area contributed by atoms with Gasteiger partial charge >= 0.3 is 11.6 Å². The second-order valence-corrected chi connectivity index (χ2v) is 18.4. The predicted molar refractivity (Wildman–Crippen MR) is 214 cm³/mol. The molecule has 0 aliphatic heterocycles. The van der Waals surface area contributed by atoms with Gasteiger partial charge < -0.3 is 14.1 Å². The highest BCUT2D eigenvalue weighted by Crippen LogP contribution is 2.68. The van der Waals surface area contributed by atoms with Gasteiger partial charge in [0.25, 0.3) is 0 Å². The highest BCUT2D eigenvalue weighted by molar-refractivity contribution is 5.90. The lowest BCUT2D eigenvalue weighted by molar-refractivity contribution is -0.130. The molecule has 1 unspecified atom stereocenters. The first-order valence-electron chi connectivity index (χ1n) is 21.1. The second kappa shape index (κ2) is 15.0. The van der Waals surface area contributed by atoms with Crippen LogP contribution in [-0.2, 0) is 4.74 Å². The van der Waals surface area contributed by atoms with Crippen molar-refractivity contribution in [2.24, 2.45) is 52.3 Å².